The number of rotatable bonds is 8. The maximum absolute atomic E-state index is 5.93. The van der Waals surface area contributed by atoms with Crippen molar-refractivity contribution in [3.05, 3.63) is 29.8 Å². The Labute approximate surface area is 129 Å². The molecule has 0 amide bonds. The predicted molar refractivity (Wildman–Crippen MR) is 88.8 cm³/mol. The van der Waals surface area contributed by atoms with Crippen molar-refractivity contribution in [1.29, 1.82) is 0 Å². The summed E-state index contributed by atoms with van der Waals surface area (Å²) in [6, 6.07) is 8.43. The van der Waals surface area contributed by atoms with Crippen LogP contribution in [0.25, 0.3) is 0 Å². The molecule has 3 heteroatoms. The van der Waals surface area contributed by atoms with Crippen molar-refractivity contribution >= 4 is 0 Å². The van der Waals surface area contributed by atoms with Crippen LogP contribution in [0.1, 0.15) is 38.7 Å². The molecular formula is C18H30N2O. The Morgan fingerprint density at radius 2 is 2.24 bits per heavy atom. The Morgan fingerprint density at radius 3 is 3.05 bits per heavy atom. The van der Waals surface area contributed by atoms with Crippen LogP contribution in [0.3, 0.4) is 0 Å². The van der Waals surface area contributed by atoms with E-state index in [0.717, 1.165) is 37.9 Å². The first-order chi connectivity index (χ1) is 10.3. The van der Waals surface area contributed by atoms with E-state index in [1.165, 1.54) is 37.9 Å². The van der Waals surface area contributed by atoms with Gasteiger partial charge in [-0.25, -0.2) is 0 Å². The van der Waals surface area contributed by atoms with Crippen molar-refractivity contribution in [3.8, 4) is 5.75 Å². The fourth-order valence-electron chi connectivity index (χ4n) is 2.99. The second-order valence-corrected chi connectivity index (χ2v) is 5.99. The fraction of sp³-hybridized carbons (Fsp3) is 0.667. The zero-order valence-corrected chi connectivity index (χ0v) is 13.6. The third-order valence-electron chi connectivity index (χ3n) is 4.33. The van der Waals surface area contributed by atoms with Gasteiger partial charge in [-0.2, -0.15) is 0 Å². The Hall–Kier alpha value is -1.06. The zero-order chi connectivity index (χ0) is 14.9. The van der Waals surface area contributed by atoms with Gasteiger partial charge in [0.25, 0.3) is 0 Å². The summed E-state index contributed by atoms with van der Waals surface area (Å²) in [4.78, 5) is 2.56. The minimum Gasteiger partial charge on any atom is -0.492 e. The topological polar surface area (TPSA) is 24.5 Å². The minimum atomic E-state index is 0.793. The van der Waals surface area contributed by atoms with Crippen molar-refractivity contribution in [1.82, 2.24) is 10.2 Å². The molecule has 0 aromatic heterocycles. The van der Waals surface area contributed by atoms with Crippen LogP contribution in [0.15, 0.2) is 24.3 Å². The zero-order valence-electron chi connectivity index (χ0n) is 13.6. The molecule has 1 heterocycles. The summed E-state index contributed by atoms with van der Waals surface area (Å²) in [6.07, 6.45) is 4.06. The highest BCUT2D eigenvalue weighted by molar-refractivity contribution is 5.28. The van der Waals surface area contributed by atoms with Gasteiger partial charge in [-0.3, -0.25) is 4.90 Å². The fourth-order valence-corrected chi connectivity index (χ4v) is 2.99. The number of likely N-dealkylation sites (tertiary alicyclic amines) is 1. The molecule has 1 atom stereocenters. The first kappa shape index (κ1) is 16.3. The molecule has 21 heavy (non-hydrogen) atoms. The van der Waals surface area contributed by atoms with Crippen LogP contribution >= 0.6 is 0 Å². The third-order valence-corrected chi connectivity index (χ3v) is 4.33. The summed E-state index contributed by atoms with van der Waals surface area (Å²) in [5.41, 5.74) is 1.29. The first-order valence-corrected chi connectivity index (χ1v) is 8.46. The molecule has 1 aromatic carbocycles. The van der Waals surface area contributed by atoms with E-state index in [1.54, 1.807) is 0 Å². The Kier molecular flexibility index (Phi) is 7.04. The lowest BCUT2D eigenvalue weighted by atomic mass is 9.96. The maximum atomic E-state index is 5.93. The Balaban J connectivity index is 1.72. The number of nitrogens with one attached hydrogen (secondary N) is 1. The van der Waals surface area contributed by atoms with Crippen molar-refractivity contribution in [3.63, 3.8) is 0 Å². The molecule has 0 bridgehead atoms. The van der Waals surface area contributed by atoms with Gasteiger partial charge >= 0.3 is 0 Å². The summed E-state index contributed by atoms with van der Waals surface area (Å²) < 4.78 is 5.93. The maximum Gasteiger partial charge on any atom is 0.119 e. The van der Waals surface area contributed by atoms with Crippen molar-refractivity contribution in [2.24, 2.45) is 5.92 Å². The molecule has 0 radical (unpaired) electrons. The molecule has 1 N–H and O–H groups in total. The van der Waals surface area contributed by atoms with E-state index < -0.39 is 0 Å². The number of benzene rings is 1. The van der Waals surface area contributed by atoms with Crippen molar-refractivity contribution < 1.29 is 4.74 Å². The summed E-state index contributed by atoms with van der Waals surface area (Å²) in [6.45, 7) is 10.7. The molecular weight excluding hydrogens is 260 g/mol. The quantitative estimate of drug-likeness (QED) is 0.795. The normalized spacial score (nSPS) is 19.6. The van der Waals surface area contributed by atoms with Gasteiger partial charge in [-0.15, -0.1) is 0 Å². The molecule has 0 spiro atoms. The molecule has 0 aliphatic carbocycles. The van der Waals surface area contributed by atoms with Gasteiger partial charge in [-0.05, 0) is 49.5 Å². The molecule has 1 unspecified atom stereocenters. The number of ether oxygens (including phenoxy) is 1. The Morgan fingerprint density at radius 1 is 1.33 bits per heavy atom. The average molecular weight is 290 g/mol. The third kappa shape index (κ3) is 5.68. The molecule has 0 saturated carbocycles. The van der Waals surface area contributed by atoms with E-state index in [9.17, 15) is 0 Å². The van der Waals surface area contributed by atoms with Gasteiger partial charge in [0.15, 0.2) is 0 Å². The largest absolute Gasteiger partial charge is 0.492 e. The number of hydrogen-bond donors (Lipinski definition) is 1. The lowest BCUT2D eigenvalue weighted by Gasteiger charge is -2.32. The lowest BCUT2D eigenvalue weighted by Crippen LogP contribution is -2.37. The SMILES string of the molecule is CCNCc1cccc(OCCN2CCCC(CC)C2)c1. The second-order valence-electron chi connectivity index (χ2n) is 5.99. The smallest absolute Gasteiger partial charge is 0.119 e. The average Bonchev–Trinajstić information content (AvgIpc) is 2.53. The molecule has 1 aromatic rings. The minimum absolute atomic E-state index is 0.793. The van der Waals surface area contributed by atoms with Crippen LogP contribution in [0.4, 0.5) is 0 Å². The predicted octanol–water partition coefficient (Wildman–Crippen LogP) is 3.30. The van der Waals surface area contributed by atoms with Crippen LogP contribution < -0.4 is 10.1 Å². The van der Waals surface area contributed by atoms with Crippen molar-refractivity contribution in [2.45, 2.75) is 39.7 Å². The highest BCUT2D eigenvalue weighted by Gasteiger charge is 2.17. The van der Waals surface area contributed by atoms with Crippen LogP contribution in [0.5, 0.6) is 5.75 Å². The molecule has 1 saturated heterocycles. The monoisotopic (exact) mass is 290 g/mol. The van der Waals surface area contributed by atoms with Gasteiger partial charge in [0.2, 0.25) is 0 Å². The van der Waals surface area contributed by atoms with Crippen molar-refractivity contribution in [2.75, 3.05) is 32.8 Å². The van der Waals surface area contributed by atoms with E-state index in [-0.39, 0.29) is 0 Å². The molecule has 2 rings (SSSR count). The molecule has 1 aliphatic rings. The first-order valence-electron chi connectivity index (χ1n) is 8.46. The highest BCUT2D eigenvalue weighted by Crippen LogP contribution is 2.19. The van der Waals surface area contributed by atoms with E-state index in [0.29, 0.717) is 0 Å². The van der Waals surface area contributed by atoms with Gasteiger partial charge in [0.05, 0.1) is 0 Å². The summed E-state index contributed by atoms with van der Waals surface area (Å²) in [5.74, 6) is 1.89. The van der Waals surface area contributed by atoms with Gasteiger partial charge < -0.3 is 10.1 Å². The Bertz CT molecular complexity index is 408. The molecule has 1 aliphatic heterocycles. The van der Waals surface area contributed by atoms with Crippen LogP contribution in [0.2, 0.25) is 0 Å². The number of piperidine rings is 1. The van der Waals surface area contributed by atoms with E-state index >= 15 is 0 Å². The second kappa shape index (κ2) is 9.06. The number of nitrogens with zero attached hydrogens (tertiary/aromatic N) is 1. The van der Waals surface area contributed by atoms with Crippen LogP contribution in [0, 0.1) is 5.92 Å². The highest BCUT2D eigenvalue weighted by atomic mass is 16.5. The standard InChI is InChI=1S/C18H30N2O/c1-3-16-8-6-10-20(15-16)11-12-21-18-9-5-7-17(13-18)14-19-4-2/h5,7,9,13,16,19H,3-4,6,8,10-12,14-15H2,1-2H3. The van der Waals surface area contributed by atoms with E-state index in [4.69, 9.17) is 4.74 Å². The van der Waals surface area contributed by atoms with Gasteiger partial charge in [0.1, 0.15) is 12.4 Å². The number of hydrogen-bond acceptors (Lipinski definition) is 3. The van der Waals surface area contributed by atoms with Crippen LogP contribution in [-0.2, 0) is 6.54 Å². The summed E-state index contributed by atoms with van der Waals surface area (Å²) >= 11 is 0. The van der Waals surface area contributed by atoms with E-state index in [2.05, 4.69) is 48.3 Å². The van der Waals surface area contributed by atoms with Crippen LogP contribution in [-0.4, -0.2) is 37.7 Å². The summed E-state index contributed by atoms with van der Waals surface area (Å²) in [5, 5.41) is 3.35. The molecule has 1 fully saturated rings. The lowest BCUT2D eigenvalue weighted by molar-refractivity contribution is 0.145. The van der Waals surface area contributed by atoms with E-state index in [1.807, 2.05) is 0 Å². The molecule has 3 nitrogen and oxygen atoms in total. The van der Waals surface area contributed by atoms with Gasteiger partial charge in [-0.1, -0.05) is 32.4 Å². The molecule has 118 valence electrons. The summed E-state index contributed by atoms with van der Waals surface area (Å²) in [7, 11) is 0. The van der Waals surface area contributed by atoms with Gasteiger partial charge in [0, 0.05) is 19.6 Å².